The number of hydrogen-bond acceptors (Lipinski definition) is 2. The van der Waals surface area contributed by atoms with Gasteiger partial charge in [0.05, 0.1) is 16.3 Å². The lowest BCUT2D eigenvalue weighted by Crippen LogP contribution is -2.27. The molecule has 2 aromatic heterocycles. The van der Waals surface area contributed by atoms with Crippen LogP contribution in [0.5, 0.6) is 0 Å². The smallest absolute Gasteiger partial charge is 0.267 e. The first-order chi connectivity index (χ1) is 11.1. The minimum atomic E-state index is 0.00989. The van der Waals surface area contributed by atoms with Crippen molar-refractivity contribution in [1.82, 2.24) is 9.88 Å². The lowest BCUT2D eigenvalue weighted by molar-refractivity contribution is 0.0944. The molecule has 0 saturated carbocycles. The molecule has 3 nitrogen and oxygen atoms in total. The van der Waals surface area contributed by atoms with Crippen molar-refractivity contribution >= 4 is 27.5 Å². The van der Waals surface area contributed by atoms with Crippen LogP contribution < -0.4 is 5.32 Å². The highest BCUT2D eigenvalue weighted by Gasteiger charge is 2.21. The van der Waals surface area contributed by atoms with Gasteiger partial charge in [0, 0.05) is 11.4 Å². The molecule has 23 heavy (non-hydrogen) atoms. The summed E-state index contributed by atoms with van der Waals surface area (Å²) in [7, 11) is 0. The van der Waals surface area contributed by atoms with Crippen LogP contribution in [0, 0.1) is 6.92 Å². The standard InChI is InChI=1S/C19H22N2OS/c1-4-10-20-19(22)17-12-18-16(11-13(2)23-18)21(17)14(3)15-8-6-5-7-9-15/h5-9,11-12,14H,4,10H2,1-3H3,(H,20,22)/t14-/m0/s1. The highest BCUT2D eigenvalue weighted by molar-refractivity contribution is 7.19. The predicted octanol–water partition coefficient (Wildman–Crippen LogP) is 4.76. The number of hydrogen-bond donors (Lipinski definition) is 1. The molecule has 0 radical (unpaired) electrons. The summed E-state index contributed by atoms with van der Waals surface area (Å²) < 4.78 is 3.34. The van der Waals surface area contributed by atoms with Gasteiger partial charge in [0.2, 0.25) is 0 Å². The topological polar surface area (TPSA) is 34.0 Å². The molecule has 1 atom stereocenters. The Bertz CT molecular complexity index is 817. The van der Waals surface area contributed by atoms with E-state index in [4.69, 9.17) is 0 Å². The van der Waals surface area contributed by atoms with E-state index in [2.05, 4.69) is 48.9 Å². The van der Waals surface area contributed by atoms with Crippen molar-refractivity contribution in [1.29, 1.82) is 0 Å². The number of aryl methyl sites for hydroxylation is 1. The van der Waals surface area contributed by atoms with Crippen LogP contribution in [0.3, 0.4) is 0 Å². The van der Waals surface area contributed by atoms with E-state index in [9.17, 15) is 4.79 Å². The quantitative estimate of drug-likeness (QED) is 0.720. The van der Waals surface area contributed by atoms with Gasteiger partial charge in [-0.2, -0.15) is 0 Å². The lowest BCUT2D eigenvalue weighted by Gasteiger charge is -2.19. The van der Waals surface area contributed by atoms with Gasteiger partial charge < -0.3 is 9.88 Å². The Labute approximate surface area is 140 Å². The number of carbonyl (C=O) groups excluding carboxylic acids is 1. The molecule has 0 aliphatic carbocycles. The summed E-state index contributed by atoms with van der Waals surface area (Å²) in [6, 6.07) is 14.7. The van der Waals surface area contributed by atoms with Crippen LogP contribution in [-0.4, -0.2) is 17.0 Å². The van der Waals surface area contributed by atoms with E-state index in [-0.39, 0.29) is 11.9 Å². The molecular formula is C19H22N2OS. The highest BCUT2D eigenvalue weighted by atomic mass is 32.1. The van der Waals surface area contributed by atoms with E-state index in [0.29, 0.717) is 6.54 Å². The number of nitrogens with zero attached hydrogens (tertiary/aromatic N) is 1. The Kier molecular flexibility index (Phi) is 4.53. The maximum Gasteiger partial charge on any atom is 0.267 e. The van der Waals surface area contributed by atoms with Crippen LogP contribution >= 0.6 is 11.3 Å². The van der Waals surface area contributed by atoms with Crippen molar-refractivity contribution in [2.75, 3.05) is 6.54 Å². The summed E-state index contributed by atoms with van der Waals surface area (Å²) in [5.41, 5.74) is 3.10. The molecular weight excluding hydrogens is 304 g/mol. The number of carbonyl (C=O) groups is 1. The highest BCUT2D eigenvalue weighted by Crippen LogP contribution is 2.33. The van der Waals surface area contributed by atoms with Gasteiger partial charge >= 0.3 is 0 Å². The molecule has 3 aromatic rings. The van der Waals surface area contributed by atoms with Gasteiger partial charge in [-0.1, -0.05) is 37.3 Å². The van der Waals surface area contributed by atoms with Crippen molar-refractivity contribution in [2.45, 2.75) is 33.2 Å². The molecule has 4 heteroatoms. The molecule has 3 rings (SSSR count). The van der Waals surface area contributed by atoms with Gasteiger partial charge in [-0.3, -0.25) is 4.79 Å². The van der Waals surface area contributed by atoms with Crippen LogP contribution in [0.2, 0.25) is 0 Å². The molecule has 2 heterocycles. The molecule has 0 saturated heterocycles. The van der Waals surface area contributed by atoms with Gasteiger partial charge in [-0.25, -0.2) is 0 Å². The third-order valence-electron chi connectivity index (χ3n) is 4.09. The Balaban J connectivity index is 2.10. The largest absolute Gasteiger partial charge is 0.351 e. The number of thiophene rings is 1. The lowest BCUT2D eigenvalue weighted by atomic mass is 10.1. The monoisotopic (exact) mass is 326 g/mol. The zero-order chi connectivity index (χ0) is 16.4. The fourth-order valence-electron chi connectivity index (χ4n) is 2.94. The second-order valence-electron chi connectivity index (χ2n) is 5.85. The summed E-state index contributed by atoms with van der Waals surface area (Å²) in [6.45, 7) is 7.03. The van der Waals surface area contributed by atoms with Crippen molar-refractivity contribution in [2.24, 2.45) is 0 Å². The molecule has 0 aliphatic rings. The molecule has 1 aromatic carbocycles. The second kappa shape index (κ2) is 6.59. The number of rotatable bonds is 5. The molecule has 0 fully saturated rings. The van der Waals surface area contributed by atoms with Crippen LogP contribution in [0.4, 0.5) is 0 Å². The van der Waals surface area contributed by atoms with Crippen molar-refractivity contribution in [3.05, 3.63) is 58.6 Å². The van der Waals surface area contributed by atoms with E-state index in [1.54, 1.807) is 11.3 Å². The Hall–Kier alpha value is -2.07. The summed E-state index contributed by atoms with van der Waals surface area (Å²) in [6.07, 6.45) is 0.939. The van der Waals surface area contributed by atoms with Crippen LogP contribution in [0.25, 0.3) is 10.2 Å². The number of nitrogens with one attached hydrogen (secondary N) is 1. The predicted molar refractivity (Wildman–Crippen MR) is 97.4 cm³/mol. The Morgan fingerprint density at radius 1 is 1.26 bits per heavy atom. The third-order valence-corrected chi connectivity index (χ3v) is 5.07. The number of fused-ring (bicyclic) bond motifs is 1. The van der Waals surface area contributed by atoms with Crippen molar-refractivity contribution < 1.29 is 4.79 Å². The molecule has 0 spiro atoms. The van der Waals surface area contributed by atoms with Crippen molar-refractivity contribution in [3.8, 4) is 0 Å². The van der Waals surface area contributed by atoms with Gasteiger partial charge in [0.15, 0.2) is 0 Å². The zero-order valence-electron chi connectivity index (χ0n) is 13.8. The average Bonchev–Trinajstić information content (AvgIpc) is 3.08. The average molecular weight is 326 g/mol. The summed E-state index contributed by atoms with van der Waals surface area (Å²) in [4.78, 5) is 13.9. The number of benzene rings is 1. The van der Waals surface area contributed by atoms with Crippen LogP contribution in [0.15, 0.2) is 42.5 Å². The molecule has 0 bridgehead atoms. The number of aromatic nitrogens is 1. The van der Waals surface area contributed by atoms with Gasteiger partial charge in [-0.05, 0) is 38.0 Å². The first kappa shape index (κ1) is 15.8. The molecule has 1 amide bonds. The fraction of sp³-hybridized carbons (Fsp3) is 0.316. The maximum absolute atomic E-state index is 12.6. The molecule has 120 valence electrons. The maximum atomic E-state index is 12.6. The van der Waals surface area contributed by atoms with Gasteiger partial charge in [-0.15, -0.1) is 11.3 Å². The normalized spacial score (nSPS) is 12.5. The first-order valence-electron chi connectivity index (χ1n) is 8.06. The Morgan fingerprint density at radius 2 is 2.00 bits per heavy atom. The summed E-state index contributed by atoms with van der Waals surface area (Å²) >= 11 is 1.74. The third kappa shape index (κ3) is 3.04. The SMILES string of the molecule is CCCNC(=O)c1cc2sc(C)cc2n1[C@@H](C)c1ccccc1. The fourth-order valence-corrected chi connectivity index (χ4v) is 3.89. The molecule has 0 aliphatic heterocycles. The zero-order valence-corrected chi connectivity index (χ0v) is 14.6. The van der Waals surface area contributed by atoms with E-state index in [1.807, 2.05) is 24.3 Å². The van der Waals surface area contributed by atoms with Crippen molar-refractivity contribution in [3.63, 3.8) is 0 Å². The minimum absolute atomic E-state index is 0.00989. The van der Waals surface area contributed by atoms with Gasteiger partial charge in [0.25, 0.3) is 5.91 Å². The molecule has 0 unspecified atom stereocenters. The van der Waals surface area contributed by atoms with E-state index >= 15 is 0 Å². The summed E-state index contributed by atoms with van der Waals surface area (Å²) in [5, 5.41) is 3.01. The Morgan fingerprint density at radius 3 is 2.70 bits per heavy atom. The van der Waals surface area contributed by atoms with E-state index in [1.165, 1.54) is 15.1 Å². The molecule has 1 N–H and O–H groups in total. The van der Waals surface area contributed by atoms with Gasteiger partial charge in [0.1, 0.15) is 5.69 Å². The number of amides is 1. The summed E-state index contributed by atoms with van der Waals surface area (Å²) in [5.74, 6) is 0.00989. The first-order valence-corrected chi connectivity index (χ1v) is 8.88. The van der Waals surface area contributed by atoms with E-state index < -0.39 is 0 Å². The van der Waals surface area contributed by atoms with E-state index in [0.717, 1.165) is 17.6 Å². The second-order valence-corrected chi connectivity index (χ2v) is 7.14. The van der Waals surface area contributed by atoms with Crippen LogP contribution in [-0.2, 0) is 0 Å². The minimum Gasteiger partial charge on any atom is -0.351 e. The van der Waals surface area contributed by atoms with Crippen LogP contribution in [0.1, 0.15) is 47.2 Å².